The van der Waals surface area contributed by atoms with Crippen LogP contribution in [0, 0.1) is 0 Å². The van der Waals surface area contributed by atoms with Crippen LogP contribution in [0.5, 0.6) is 5.75 Å². The molecule has 0 spiro atoms. The summed E-state index contributed by atoms with van der Waals surface area (Å²) in [5, 5.41) is 17.7. The molecule has 5 nitrogen and oxygen atoms in total. The number of phenols is 1. The van der Waals surface area contributed by atoms with Gasteiger partial charge >= 0.3 is 0 Å². The van der Waals surface area contributed by atoms with Crippen LogP contribution >= 0.6 is 31.9 Å². The molecule has 0 radical (unpaired) electrons. The molecule has 0 fully saturated rings. The predicted octanol–water partition coefficient (Wildman–Crippen LogP) is 3.18. The molecular formula is C13H12Br2N2O3S. The molecule has 0 saturated carbocycles. The summed E-state index contributed by atoms with van der Waals surface area (Å²) < 4.78 is 23.7. The third kappa shape index (κ3) is 4.19. The number of hydrogen-bond acceptors (Lipinski definition) is 4. The summed E-state index contributed by atoms with van der Waals surface area (Å²) >= 11 is 6.56. The van der Waals surface area contributed by atoms with E-state index < -0.39 is 10.0 Å². The molecule has 112 valence electrons. The Bertz CT molecular complexity index is 779. The fraction of sp³-hybridized carbons (Fsp3) is 0.0769. The zero-order chi connectivity index (χ0) is 15.6. The van der Waals surface area contributed by atoms with E-state index in [1.807, 2.05) is 0 Å². The second-order valence-corrected chi connectivity index (χ2v) is 7.60. The van der Waals surface area contributed by atoms with E-state index in [2.05, 4.69) is 37.2 Å². The first-order chi connectivity index (χ1) is 9.77. The van der Waals surface area contributed by atoms with Gasteiger partial charge in [0, 0.05) is 16.7 Å². The summed E-state index contributed by atoms with van der Waals surface area (Å²) in [6, 6.07) is 9.72. The van der Waals surface area contributed by atoms with Crippen molar-refractivity contribution in [3.8, 4) is 5.75 Å². The van der Waals surface area contributed by atoms with E-state index in [1.54, 1.807) is 24.3 Å². The number of phenolic OH excluding ortho intramolecular Hbond substituents is 1. The van der Waals surface area contributed by atoms with Crippen molar-refractivity contribution in [3.63, 3.8) is 0 Å². The van der Waals surface area contributed by atoms with Gasteiger partial charge in [0.15, 0.2) is 0 Å². The average Bonchev–Trinajstić information content (AvgIpc) is 2.40. The topological polar surface area (TPSA) is 92.4 Å². The van der Waals surface area contributed by atoms with Crippen molar-refractivity contribution in [2.75, 3.05) is 5.32 Å². The first kappa shape index (κ1) is 16.3. The van der Waals surface area contributed by atoms with Crippen LogP contribution in [0.3, 0.4) is 0 Å². The standard InChI is InChI=1S/C13H12Br2N2O3S/c14-10-6-9(21(16,19)20)2-3-12(10)17-7-8-1-4-13(18)11(15)5-8/h1-6,17-18H,7H2,(H2,16,19,20). The predicted molar refractivity (Wildman–Crippen MR) is 88.6 cm³/mol. The van der Waals surface area contributed by atoms with E-state index in [-0.39, 0.29) is 10.6 Å². The molecule has 0 aliphatic rings. The maximum atomic E-state index is 11.3. The molecule has 21 heavy (non-hydrogen) atoms. The molecule has 0 unspecified atom stereocenters. The Kier molecular flexibility index (Phi) is 4.92. The lowest BCUT2D eigenvalue weighted by atomic mass is 10.2. The first-order valence-corrected chi connectivity index (χ1v) is 8.94. The smallest absolute Gasteiger partial charge is 0.238 e. The van der Waals surface area contributed by atoms with Gasteiger partial charge < -0.3 is 10.4 Å². The lowest BCUT2D eigenvalue weighted by Gasteiger charge is -2.10. The van der Waals surface area contributed by atoms with Gasteiger partial charge in [-0.1, -0.05) is 6.07 Å². The third-order valence-corrected chi connectivity index (χ3v) is 4.97. The molecule has 0 atom stereocenters. The van der Waals surface area contributed by atoms with E-state index in [0.29, 0.717) is 15.5 Å². The van der Waals surface area contributed by atoms with Gasteiger partial charge in [0.25, 0.3) is 0 Å². The molecule has 0 aromatic heterocycles. The Balaban J connectivity index is 2.15. The van der Waals surface area contributed by atoms with E-state index in [0.717, 1.165) is 11.3 Å². The minimum Gasteiger partial charge on any atom is -0.507 e. The van der Waals surface area contributed by atoms with E-state index >= 15 is 0 Å². The lowest BCUT2D eigenvalue weighted by Crippen LogP contribution is -2.12. The van der Waals surface area contributed by atoms with Crippen LogP contribution in [0.4, 0.5) is 5.69 Å². The minimum atomic E-state index is -3.71. The highest BCUT2D eigenvalue weighted by Gasteiger charge is 2.10. The van der Waals surface area contributed by atoms with Gasteiger partial charge in [-0.15, -0.1) is 0 Å². The van der Waals surface area contributed by atoms with Crippen molar-refractivity contribution in [2.45, 2.75) is 11.4 Å². The molecule has 0 saturated heterocycles. The Hall–Kier alpha value is -1.09. The number of benzene rings is 2. The van der Waals surface area contributed by atoms with E-state index in [9.17, 15) is 13.5 Å². The number of primary sulfonamides is 1. The maximum absolute atomic E-state index is 11.3. The fourth-order valence-electron chi connectivity index (χ4n) is 1.67. The molecule has 0 aliphatic carbocycles. The van der Waals surface area contributed by atoms with Crippen LogP contribution in [0.2, 0.25) is 0 Å². The minimum absolute atomic E-state index is 0.0484. The molecular weight excluding hydrogens is 424 g/mol. The van der Waals surface area contributed by atoms with Crippen LogP contribution in [0.25, 0.3) is 0 Å². The van der Waals surface area contributed by atoms with Crippen molar-refractivity contribution in [3.05, 3.63) is 50.9 Å². The highest BCUT2D eigenvalue weighted by Crippen LogP contribution is 2.27. The summed E-state index contributed by atoms with van der Waals surface area (Å²) in [5.74, 6) is 0.178. The molecule has 0 bridgehead atoms. The zero-order valence-corrected chi connectivity index (χ0v) is 14.7. The zero-order valence-electron chi connectivity index (χ0n) is 10.7. The van der Waals surface area contributed by atoms with Crippen LogP contribution in [-0.4, -0.2) is 13.5 Å². The van der Waals surface area contributed by atoms with Crippen LogP contribution < -0.4 is 10.5 Å². The summed E-state index contributed by atoms with van der Waals surface area (Å²) in [7, 11) is -3.71. The molecule has 4 N–H and O–H groups in total. The summed E-state index contributed by atoms with van der Waals surface area (Å²) in [4.78, 5) is 0.0484. The van der Waals surface area contributed by atoms with Gasteiger partial charge in [-0.25, -0.2) is 13.6 Å². The largest absolute Gasteiger partial charge is 0.507 e. The Morgan fingerprint density at radius 2 is 1.81 bits per heavy atom. The van der Waals surface area contributed by atoms with Crippen molar-refractivity contribution in [2.24, 2.45) is 5.14 Å². The van der Waals surface area contributed by atoms with Crippen LogP contribution in [-0.2, 0) is 16.6 Å². The van der Waals surface area contributed by atoms with E-state index in [4.69, 9.17) is 5.14 Å². The molecule has 2 aromatic carbocycles. The SMILES string of the molecule is NS(=O)(=O)c1ccc(NCc2ccc(O)c(Br)c2)c(Br)c1. The first-order valence-electron chi connectivity index (χ1n) is 5.81. The Morgan fingerprint density at radius 3 is 2.38 bits per heavy atom. The second-order valence-electron chi connectivity index (χ2n) is 4.33. The van der Waals surface area contributed by atoms with Gasteiger partial charge in [0.2, 0.25) is 10.0 Å². The molecule has 2 aromatic rings. The van der Waals surface area contributed by atoms with Gasteiger partial charge in [0.1, 0.15) is 5.75 Å². The van der Waals surface area contributed by atoms with Crippen molar-refractivity contribution in [1.29, 1.82) is 0 Å². The van der Waals surface area contributed by atoms with Gasteiger partial charge in [-0.05, 0) is 67.8 Å². The Labute approximate surface area is 139 Å². The number of hydrogen-bond donors (Lipinski definition) is 3. The molecule has 0 amide bonds. The summed E-state index contributed by atoms with van der Waals surface area (Å²) in [6.07, 6.45) is 0. The average molecular weight is 436 g/mol. The lowest BCUT2D eigenvalue weighted by molar-refractivity contribution is 0.471. The number of nitrogens with one attached hydrogen (secondary N) is 1. The van der Waals surface area contributed by atoms with Crippen LogP contribution in [0.15, 0.2) is 50.2 Å². The number of rotatable bonds is 4. The van der Waals surface area contributed by atoms with Crippen molar-refractivity contribution >= 4 is 47.6 Å². The number of halogens is 2. The molecule has 0 aliphatic heterocycles. The van der Waals surface area contributed by atoms with Gasteiger partial charge in [-0.2, -0.15) is 0 Å². The number of nitrogens with two attached hydrogens (primary N) is 1. The Morgan fingerprint density at radius 1 is 1.10 bits per heavy atom. The highest BCUT2D eigenvalue weighted by molar-refractivity contribution is 9.11. The number of sulfonamides is 1. The molecule has 0 heterocycles. The molecule has 2 rings (SSSR count). The second kappa shape index (κ2) is 6.35. The quantitative estimate of drug-likeness (QED) is 0.687. The van der Waals surface area contributed by atoms with Gasteiger partial charge in [-0.3, -0.25) is 0 Å². The monoisotopic (exact) mass is 434 g/mol. The molecule has 8 heteroatoms. The third-order valence-electron chi connectivity index (χ3n) is 2.76. The highest BCUT2D eigenvalue weighted by atomic mass is 79.9. The van der Waals surface area contributed by atoms with E-state index in [1.165, 1.54) is 12.1 Å². The summed E-state index contributed by atoms with van der Waals surface area (Å²) in [6.45, 7) is 0.520. The van der Waals surface area contributed by atoms with Crippen LogP contribution in [0.1, 0.15) is 5.56 Å². The number of aromatic hydroxyl groups is 1. The maximum Gasteiger partial charge on any atom is 0.238 e. The van der Waals surface area contributed by atoms with Crippen molar-refractivity contribution in [1.82, 2.24) is 0 Å². The summed E-state index contributed by atoms with van der Waals surface area (Å²) in [5.41, 5.74) is 1.70. The van der Waals surface area contributed by atoms with Crippen molar-refractivity contribution < 1.29 is 13.5 Å². The van der Waals surface area contributed by atoms with Gasteiger partial charge in [0.05, 0.1) is 9.37 Å². The number of anilines is 1. The fourth-order valence-corrected chi connectivity index (χ4v) is 3.31. The normalized spacial score (nSPS) is 11.4.